The van der Waals surface area contributed by atoms with Crippen LogP contribution in [0.5, 0.6) is 5.88 Å². The van der Waals surface area contributed by atoms with Crippen molar-refractivity contribution in [2.45, 2.75) is 41.3 Å². The predicted octanol–water partition coefficient (Wildman–Crippen LogP) is -0.402. The molecule has 40 heavy (non-hydrogen) atoms. The second-order valence-corrected chi connectivity index (χ2v) is 9.71. The van der Waals surface area contributed by atoms with Crippen molar-refractivity contribution in [1.82, 2.24) is 4.98 Å². The summed E-state index contributed by atoms with van der Waals surface area (Å²) in [6.45, 7) is 1.13. The number of ether oxygens (including phenoxy) is 1. The van der Waals surface area contributed by atoms with Crippen molar-refractivity contribution in [2.75, 3.05) is 10.2 Å². The van der Waals surface area contributed by atoms with Gasteiger partial charge in [0.1, 0.15) is 23.4 Å². The number of pyridine rings is 1. The lowest BCUT2D eigenvalue weighted by molar-refractivity contribution is -0.126. The number of halogens is 2. The molecular formula is C22H13B9F2N4O3. The fourth-order valence-corrected chi connectivity index (χ4v) is 4.55. The van der Waals surface area contributed by atoms with Gasteiger partial charge in [0, 0.05) is 12.5 Å². The number of hydrogen-bond acceptors (Lipinski definition) is 5. The number of carbonyl (C=O) groups is 2. The molecule has 1 aliphatic rings. The summed E-state index contributed by atoms with van der Waals surface area (Å²) in [5, 5.41) is 4.58. The third-order valence-electron chi connectivity index (χ3n) is 6.45. The molecule has 0 spiro atoms. The average Bonchev–Trinajstić information content (AvgIpc) is 2.77. The third kappa shape index (κ3) is 5.89. The summed E-state index contributed by atoms with van der Waals surface area (Å²) < 4.78 is 33.1. The summed E-state index contributed by atoms with van der Waals surface area (Å²) in [7, 11) is 52.4. The second kappa shape index (κ2) is 10.8. The molecule has 1 N–H and O–H groups in total. The average molecular weight is 517 g/mol. The number of carbonyl (C=O) groups excluding carboxylic acids is 2. The Kier molecular flexibility index (Phi) is 8.52. The van der Waals surface area contributed by atoms with Crippen LogP contribution in [0, 0.1) is 28.4 Å². The summed E-state index contributed by atoms with van der Waals surface area (Å²) in [6.07, 6.45) is -2.03. The van der Waals surface area contributed by atoms with Gasteiger partial charge in [-0.3, -0.25) is 14.5 Å². The summed E-state index contributed by atoms with van der Waals surface area (Å²) in [5.74, 6) is -3.82. The van der Waals surface area contributed by atoms with Crippen molar-refractivity contribution in [1.29, 1.82) is 5.26 Å². The molecule has 0 saturated heterocycles. The second-order valence-electron chi connectivity index (χ2n) is 9.71. The number of nitriles is 1. The van der Waals surface area contributed by atoms with Crippen molar-refractivity contribution in [3.05, 3.63) is 47.0 Å². The van der Waals surface area contributed by atoms with Gasteiger partial charge in [0.15, 0.2) is 11.9 Å². The van der Waals surface area contributed by atoms with E-state index in [1.807, 2.05) is 6.07 Å². The maximum Gasteiger partial charge on any atom is 0.268 e. The smallest absolute Gasteiger partial charge is 0.268 e. The van der Waals surface area contributed by atoms with Gasteiger partial charge in [-0.1, -0.05) is 5.41 Å². The van der Waals surface area contributed by atoms with Gasteiger partial charge in [0.05, 0.1) is 82.7 Å². The van der Waals surface area contributed by atoms with Crippen LogP contribution in [0.2, 0.25) is 15.3 Å². The van der Waals surface area contributed by atoms with Gasteiger partial charge in [-0.15, -0.1) is 15.3 Å². The minimum Gasteiger partial charge on any atom is -0.463 e. The number of aromatic nitrogens is 1. The van der Waals surface area contributed by atoms with E-state index in [2.05, 4.69) is 10.3 Å². The van der Waals surface area contributed by atoms with Crippen LogP contribution in [-0.4, -0.2) is 93.5 Å². The molecule has 1 unspecified atom stereocenters. The van der Waals surface area contributed by atoms with Crippen LogP contribution in [0.1, 0.15) is 24.5 Å². The van der Waals surface area contributed by atoms with E-state index >= 15 is 0 Å². The molecule has 0 bridgehead atoms. The fraction of sp³-hybridized carbons (Fsp3) is 0.364. The van der Waals surface area contributed by atoms with Crippen molar-refractivity contribution >= 4 is 93.9 Å². The minimum atomic E-state index is -2.50. The monoisotopic (exact) mass is 518 g/mol. The number of nitrogens with one attached hydrogen (secondary N) is 1. The summed E-state index contributed by atoms with van der Waals surface area (Å²) >= 11 is 0. The van der Waals surface area contributed by atoms with Crippen LogP contribution in [0.25, 0.3) is 0 Å². The molecule has 1 aromatic heterocycles. The number of nitrogens with zero attached hydrogens (tertiary/aromatic N) is 3. The van der Waals surface area contributed by atoms with E-state index in [0.717, 1.165) is 17.0 Å². The highest BCUT2D eigenvalue weighted by molar-refractivity contribution is 6.69. The molecule has 0 fully saturated rings. The molecule has 3 rings (SSSR count). The van der Waals surface area contributed by atoms with Crippen LogP contribution in [0.3, 0.4) is 0 Å². The predicted molar refractivity (Wildman–Crippen MR) is 152 cm³/mol. The van der Waals surface area contributed by atoms with Gasteiger partial charge in [-0.05, 0) is 30.7 Å². The first-order valence-electron chi connectivity index (χ1n) is 11.5. The highest BCUT2D eigenvalue weighted by Gasteiger charge is 2.54. The number of benzene rings is 1. The SMILES string of the molecule is [B]C([B])([B])C(CC(=O)Nc1nc2c(cc1C#N)N(Cc1cc(F)cc(F)c1)C(=O)C(C)O2)(C([B])([B])[B])C([B])([B])[B]. The molecule has 18 heteroatoms. The first-order valence-corrected chi connectivity index (χ1v) is 11.5. The van der Waals surface area contributed by atoms with Gasteiger partial charge in [-0.2, -0.15) is 10.2 Å². The molecule has 1 aromatic carbocycles. The van der Waals surface area contributed by atoms with E-state index in [1.54, 1.807) is 0 Å². The molecule has 2 amide bonds. The number of fused-ring (bicyclic) bond motifs is 1. The molecule has 0 saturated carbocycles. The fourth-order valence-electron chi connectivity index (χ4n) is 4.55. The Morgan fingerprint density at radius 1 is 1.02 bits per heavy atom. The van der Waals surface area contributed by atoms with Gasteiger partial charge in [0.2, 0.25) is 11.8 Å². The van der Waals surface area contributed by atoms with Gasteiger partial charge < -0.3 is 10.1 Å². The Labute approximate surface area is 243 Å². The lowest BCUT2D eigenvalue weighted by Gasteiger charge is -2.65. The highest BCUT2D eigenvalue weighted by Crippen LogP contribution is 2.63. The van der Waals surface area contributed by atoms with Crippen LogP contribution in [0.4, 0.5) is 20.3 Å². The molecule has 2 aromatic rings. The summed E-state index contributed by atoms with van der Waals surface area (Å²) in [5.41, 5.74) is -2.59. The van der Waals surface area contributed by atoms with Crippen molar-refractivity contribution in [2.24, 2.45) is 5.41 Å². The van der Waals surface area contributed by atoms with E-state index < -0.39 is 56.7 Å². The van der Waals surface area contributed by atoms with Gasteiger partial charge in [-0.25, -0.2) is 8.78 Å². The quantitative estimate of drug-likeness (QED) is 0.482. The molecule has 2 heterocycles. The minimum absolute atomic E-state index is 0.00339. The van der Waals surface area contributed by atoms with Crippen molar-refractivity contribution in [3.8, 4) is 11.9 Å². The zero-order valence-corrected chi connectivity index (χ0v) is 21.3. The Morgan fingerprint density at radius 3 is 2.02 bits per heavy atom. The Hall–Kier alpha value is -2.96. The Bertz CT molecular complexity index is 1330. The topological polar surface area (TPSA) is 95.3 Å². The van der Waals surface area contributed by atoms with E-state index in [1.165, 1.54) is 13.0 Å². The molecule has 180 valence electrons. The van der Waals surface area contributed by atoms with E-state index in [0.29, 0.717) is 6.07 Å². The third-order valence-corrected chi connectivity index (χ3v) is 6.45. The summed E-state index contributed by atoms with van der Waals surface area (Å²) in [4.78, 5) is 31.3. The molecule has 1 aliphatic heterocycles. The van der Waals surface area contributed by atoms with Gasteiger partial charge in [0.25, 0.3) is 5.91 Å². The molecule has 7 nitrogen and oxygen atoms in total. The largest absolute Gasteiger partial charge is 0.463 e. The molecule has 0 aliphatic carbocycles. The van der Waals surface area contributed by atoms with Crippen molar-refractivity contribution in [3.63, 3.8) is 0 Å². The number of anilines is 2. The first-order chi connectivity index (χ1) is 18.2. The number of hydrogen-bond donors (Lipinski definition) is 1. The number of rotatable bonds is 8. The van der Waals surface area contributed by atoms with E-state index in [-0.39, 0.29) is 35.1 Å². The standard InChI is InChI=1S/C22H13B9F2N4O3/c1-9-18(39)37(8-10-2-12(32)5-13(33)3-10)14-4-11(7-34)16(36-17(14)40-9)35-15(38)6-19(20(23,24)25,21(26,27)28)22(29,30)31/h2-5,9H,6,8H2,1H3,(H,35,36,38). The lowest BCUT2D eigenvalue weighted by atomic mass is 9.09. The van der Waals surface area contributed by atoms with E-state index in [4.69, 9.17) is 75.4 Å². The van der Waals surface area contributed by atoms with E-state index in [9.17, 15) is 23.6 Å². The first kappa shape index (κ1) is 31.6. The molecule has 18 radical (unpaired) electrons. The normalized spacial score (nSPS) is 16.0. The maximum absolute atomic E-state index is 13.7. The zero-order valence-electron chi connectivity index (χ0n) is 21.3. The molecular weight excluding hydrogens is 504 g/mol. The summed E-state index contributed by atoms with van der Waals surface area (Å²) in [6, 6.07) is 5.77. The highest BCUT2D eigenvalue weighted by atomic mass is 19.1. The van der Waals surface area contributed by atoms with Crippen LogP contribution < -0.4 is 15.0 Å². The number of amides is 2. The maximum atomic E-state index is 13.7. The molecule has 1 atom stereocenters. The van der Waals surface area contributed by atoms with Crippen LogP contribution >= 0.6 is 0 Å². The zero-order chi connectivity index (χ0) is 30.4. The Balaban J connectivity index is 2.02. The van der Waals surface area contributed by atoms with Gasteiger partial charge >= 0.3 is 0 Å². The van der Waals surface area contributed by atoms with Crippen LogP contribution in [-0.2, 0) is 16.1 Å². The van der Waals surface area contributed by atoms with Crippen molar-refractivity contribution < 1.29 is 23.1 Å². The Morgan fingerprint density at radius 2 is 1.55 bits per heavy atom. The lowest BCUT2D eigenvalue weighted by Crippen LogP contribution is -2.58. The van der Waals surface area contributed by atoms with Crippen LogP contribution in [0.15, 0.2) is 24.3 Å².